The molecule has 0 heterocycles. The van der Waals surface area contributed by atoms with Crippen LogP contribution in [-0.4, -0.2) is 23.8 Å². The van der Waals surface area contributed by atoms with Crippen LogP contribution < -0.4 is 10.6 Å². The molecule has 0 radical (unpaired) electrons. The predicted molar refractivity (Wildman–Crippen MR) is 89.3 cm³/mol. The minimum Gasteiger partial charge on any atom is -0.444 e. The van der Waals surface area contributed by atoms with Gasteiger partial charge in [0, 0.05) is 17.6 Å². The molecule has 0 spiro atoms. The number of hydrogen-bond donors (Lipinski definition) is 2. The minimum absolute atomic E-state index is 0.385. The Labute approximate surface area is 135 Å². The normalized spacial score (nSPS) is 12.1. The van der Waals surface area contributed by atoms with Crippen molar-refractivity contribution in [3.8, 4) is 0 Å². The molecule has 0 fully saturated rings. The van der Waals surface area contributed by atoms with Crippen molar-refractivity contribution in [3.63, 3.8) is 0 Å². The van der Waals surface area contributed by atoms with E-state index in [2.05, 4.69) is 32.6 Å². The molecule has 0 aromatic heterocycles. The summed E-state index contributed by atoms with van der Waals surface area (Å²) in [4.78, 5) is 11.8. The molecule has 0 aliphatic heterocycles. The highest BCUT2D eigenvalue weighted by Crippen LogP contribution is 2.15. The van der Waals surface area contributed by atoms with Gasteiger partial charge in [-0.3, -0.25) is 0 Å². The van der Waals surface area contributed by atoms with Gasteiger partial charge in [0.1, 0.15) is 5.60 Å². The maximum absolute atomic E-state index is 11.8. The fourth-order valence-corrected chi connectivity index (χ4v) is 2.20. The molecule has 0 saturated heterocycles. The van der Waals surface area contributed by atoms with E-state index in [1.807, 2.05) is 52.8 Å². The number of ether oxygens (including phenoxy) is 1. The van der Waals surface area contributed by atoms with E-state index in [0.717, 1.165) is 11.0 Å². The van der Waals surface area contributed by atoms with Crippen LogP contribution in [-0.2, 0) is 11.3 Å². The Balaban J connectivity index is 2.43. The molecule has 1 aromatic rings. The number of hydrogen-bond acceptors (Lipinski definition) is 3. The van der Waals surface area contributed by atoms with Crippen LogP contribution in [0.25, 0.3) is 0 Å². The number of carbonyl (C=O) groups excluding carboxylic acids is 1. The second-order valence-electron chi connectivity index (χ2n) is 6.71. The van der Waals surface area contributed by atoms with Gasteiger partial charge in [-0.15, -0.1) is 0 Å². The highest BCUT2D eigenvalue weighted by Gasteiger charge is 2.24. The molecule has 118 valence electrons. The second-order valence-corrected chi connectivity index (χ2v) is 7.56. The number of carbonyl (C=O) groups is 1. The molecule has 0 unspecified atom stereocenters. The van der Waals surface area contributed by atoms with Crippen molar-refractivity contribution in [2.24, 2.45) is 0 Å². The molecule has 0 aliphatic carbocycles. The first kappa shape index (κ1) is 18.0. The van der Waals surface area contributed by atoms with E-state index in [1.54, 1.807) is 0 Å². The first-order valence-electron chi connectivity index (χ1n) is 7.04. The third kappa shape index (κ3) is 7.48. The summed E-state index contributed by atoms with van der Waals surface area (Å²) in [7, 11) is 0. The van der Waals surface area contributed by atoms with E-state index >= 15 is 0 Å². The van der Waals surface area contributed by atoms with Gasteiger partial charge in [-0.25, -0.2) is 4.79 Å². The van der Waals surface area contributed by atoms with Crippen molar-refractivity contribution >= 4 is 22.0 Å². The summed E-state index contributed by atoms with van der Waals surface area (Å²) in [5.74, 6) is 0. The smallest absolute Gasteiger partial charge is 0.408 e. The van der Waals surface area contributed by atoms with E-state index in [1.165, 1.54) is 5.56 Å². The first-order valence-corrected chi connectivity index (χ1v) is 7.84. The molecule has 21 heavy (non-hydrogen) atoms. The second kappa shape index (κ2) is 7.27. The minimum atomic E-state index is -0.484. The van der Waals surface area contributed by atoms with Crippen molar-refractivity contribution < 1.29 is 9.53 Å². The summed E-state index contributed by atoms with van der Waals surface area (Å²) in [6, 6.07) is 8.07. The maximum atomic E-state index is 11.8. The molecule has 2 N–H and O–H groups in total. The van der Waals surface area contributed by atoms with Crippen LogP contribution in [0.4, 0.5) is 4.79 Å². The van der Waals surface area contributed by atoms with Gasteiger partial charge in [0.25, 0.3) is 0 Å². The van der Waals surface area contributed by atoms with E-state index in [4.69, 9.17) is 4.74 Å². The fraction of sp³-hybridized carbons (Fsp3) is 0.562. The average molecular weight is 357 g/mol. The maximum Gasteiger partial charge on any atom is 0.408 e. The Hall–Kier alpha value is -1.07. The highest BCUT2D eigenvalue weighted by molar-refractivity contribution is 9.10. The Kier molecular flexibility index (Phi) is 6.23. The Morgan fingerprint density at radius 2 is 1.81 bits per heavy atom. The van der Waals surface area contributed by atoms with Crippen LogP contribution in [0.1, 0.15) is 40.2 Å². The molecule has 1 amide bonds. The van der Waals surface area contributed by atoms with Gasteiger partial charge in [0.05, 0.1) is 5.54 Å². The zero-order valence-corrected chi connectivity index (χ0v) is 15.0. The zero-order valence-electron chi connectivity index (χ0n) is 13.4. The van der Waals surface area contributed by atoms with Crippen molar-refractivity contribution in [2.45, 2.75) is 52.3 Å². The lowest BCUT2D eigenvalue weighted by Gasteiger charge is -2.29. The van der Waals surface area contributed by atoms with Gasteiger partial charge in [-0.1, -0.05) is 34.1 Å². The lowest BCUT2D eigenvalue weighted by atomic mass is 10.1. The average Bonchev–Trinajstić information content (AvgIpc) is 2.27. The van der Waals surface area contributed by atoms with Crippen LogP contribution in [0.15, 0.2) is 28.7 Å². The van der Waals surface area contributed by atoms with E-state index in [0.29, 0.717) is 6.54 Å². The molecule has 1 rings (SSSR count). The number of halogens is 1. The summed E-state index contributed by atoms with van der Waals surface area (Å²) in [6.45, 7) is 10.9. The molecule has 0 aliphatic rings. The number of benzene rings is 1. The highest BCUT2D eigenvalue weighted by atomic mass is 79.9. The third-order valence-electron chi connectivity index (χ3n) is 2.68. The number of alkyl carbamates (subject to hydrolysis) is 1. The lowest BCUT2D eigenvalue weighted by Crippen LogP contribution is -2.51. The number of nitrogens with one attached hydrogen (secondary N) is 2. The quantitative estimate of drug-likeness (QED) is 0.842. The monoisotopic (exact) mass is 356 g/mol. The van der Waals surface area contributed by atoms with Crippen LogP contribution in [0.2, 0.25) is 0 Å². The van der Waals surface area contributed by atoms with E-state index < -0.39 is 11.7 Å². The van der Waals surface area contributed by atoms with E-state index in [9.17, 15) is 4.79 Å². The van der Waals surface area contributed by atoms with Crippen molar-refractivity contribution in [1.82, 2.24) is 10.6 Å². The van der Waals surface area contributed by atoms with Crippen LogP contribution in [0.5, 0.6) is 0 Å². The number of rotatable bonds is 5. The van der Waals surface area contributed by atoms with Crippen LogP contribution >= 0.6 is 15.9 Å². The zero-order chi connectivity index (χ0) is 16.1. The van der Waals surface area contributed by atoms with Gasteiger partial charge in [0.15, 0.2) is 0 Å². The van der Waals surface area contributed by atoms with Crippen molar-refractivity contribution in [3.05, 3.63) is 34.3 Å². The topological polar surface area (TPSA) is 50.4 Å². The van der Waals surface area contributed by atoms with Crippen molar-refractivity contribution in [1.29, 1.82) is 0 Å². The lowest BCUT2D eigenvalue weighted by molar-refractivity contribution is 0.0472. The summed E-state index contributed by atoms with van der Waals surface area (Å²) in [5.41, 5.74) is 0.317. The largest absolute Gasteiger partial charge is 0.444 e. The van der Waals surface area contributed by atoms with Crippen LogP contribution in [0.3, 0.4) is 0 Å². The first-order chi connectivity index (χ1) is 9.59. The van der Waals surface area contributed by atoms with Gasteiger partial charge >= 0.3 is 6.09 Å². The van der Waals surface area contributed by atoms with Crippen LogP contribution in [0, 0.1) is 0 Å². The molecular formula is C16H25BrN2O2. The molecular weight excluding hydrogens is 332 g/mol. The standard InChI is InChI=1S/C16H25BrN2O2/c1-15(2,3)21-14(20)19-16(4,5)11-18-10-12-8-6-7-9-13(12)17/h6-9,18H,10-11H2,1-5H3,(H,19,20). The molecule has 4 nitrogen and oxygen atoms in total. The van der Waals surface area contributed by atoms with E-state index in [-0.39, 0.29) is 5.54 Å². The summed E-state index contributed by atoms with van der Waals surface area (Å²) in [6.07, 6.45) is -0.393. The molecule has 0 atom stereocenters. The molecule has 0 bridgehead atoms. The molecule has 0 saturated carbocycles. The Morgan fingerprint density at radius 3 is 2.38 bits per heavy atom. The third-order valence-corrected chi connectivity index (χ3v) is 3.45. The predicted octanol–water partition coefficient (Wildman–Crippen LogP) is 3.84. The van der Waals surface area contributed by atoms with Gasteiger partial charge < -0.3 is 15.4 Å². The molecule has 1 aromatic carbocycles. The van der Waals surface area contributed by atoms with Gasteiger partial charge in [-0.2, -0.15) is 0 Å². The Bertz CT molecular complexity index is 481. The Morgan fingerprint density at radius 1 is 1.19 bits per heavy atom. The number of amides is 1. The summed E-state index contributed by atoms with van der Waals surface area (Å²) in [5, 5.41) is 6.23. The SMILES string of the molecule is CC(C)(CNCc1ccccc1Br)NC(=O)OC(C)(C)C. The van der Waals surface area contributed by atoms with Crippen molar-refractivity contribution in [2.75, 3.05) is 6.54 Å². The van der Waals surface area contributed by atoms with Gasteiger partial charge in [0.2, 0.25) is 0 Å². The fourth-order valence-electron chi connectivity index (χ4n) is 1.78. The summed E-state index contributed by atoms with van der Waals surface area (Å²) < 4.78 is 6.35. The van der Waals surface area contributed by atoms with Gasteiger partial charge in [-0.05, 0) is 46.2 Å². The molecule has 5 heteroatoms. The summed E-state index contributed by atoms with van der Waals surface area (Å²) >= 11 is 3.52.